The zero-order chi connectivity index (χ0) is 23.1. The fourth-order valence-electron chi connectivity index (χ4n) is 3.43. The summed E-state index contributed by atoms with van der Waals surface area (Å²) in [6, 6.07) is 7.52. The van der Waals surface area contributed by atoms with E-state index in [0.717, 1.165) is 12.3 Å². The van der Waals surface area contributed by atoms with E-state index in [-0.39, 0.29) is 6.54 Å². The minimum atomic E-state index is -4.47. The van der Waals surface area contributed by atoms with E-state index < -0.39 is 29.5 Å². The van der Waals surface area contributed by atoms with E-state index in [2.05, 4.69) is 9.97 Å². The van der Waals surface area contributed by atoms with Crippen molar-refractivity contribution in [2.75, 3.05) is 19.7 Å². The summed E-state index contributed by atoms with van der Waals surface area (Å²) in [7, 11) is 0. The molecule has 0 spiro atoms. The van der Waals surface area contributed by atoms with Crippen LogP contribution in [0.1, 0.15) is 38.1 Å². The van der Waals surface area contributed by atoms with Gasteiger partial charge in [0, 0.05) is 12.7 Å². The third-order valence-corrected chi connectivity index (χ3v) is 4.91. The monoisotopic (exact) mass is 448 g/mol. The number of carbonyl (C=O) groups is 1. The third kappa shape index (κ3) is 4.69. The van der Waals surface area contributed by atoms with Crippen molar-refractivity contribution in [3.63, 3.8) is 0 Å². The van der Waals surface area contributed by atoms with Gasteiger partial charge in [0.15, 0.2) is 0 Å². The molecule has 3 aromatic heterocycles. The summed E-state index contributed by atoms with van der Waals surface area (Å²) < 4.78 is 52.1. The van der Waals surface area contributed by atoms with Crippen LogP contribution in [0.15, 0.2) is 42.7 Å². The number of carbonyl (C=O) groups excluding carboxylic acids is 1. The molecule has 1 amide bonds. The molecule has 0 bridgehead atoms. The lowest BCUT2D eigenvalue weighted by molar-refractivity contribution is -0.137. The van der Waals surface area contributed by atoms with Gasteiger partial charge in [0.1, 0.15) is 17.4 Å². The molecule has 1 unspecified atom stereocenters. The van der Waals surface area contributed by atoms with Crippen molar-refractivity contribution in [1.82, 2.24) is 19.3 Å². The molecule has 7 nitrogen and oxygen atoms in total. The van der Waals surface area contributed by atoms with E-state index in [1.165, 1.54) is 16.7 Å². The highest BCUT2D eigenvalue weighted by molar-refractivity contribution is 5.68. The molecule has 0 saturated carbocycles. The Labute approximate surface area is 182 Å². The Morgan fingerprint density at radius 3 is 2.69 bits per heavy atom. The Balaban J connectivity index is 1.61. The van der Waals surface area contributed by atoms with Gasteiger partial charge in [-0.3, -0.25) is 4.40 Å². The van der Waals surface area contributed by atoms with Gasteiger partial charge in [0.25, 0.3) is 0 Å². The van der Waals surface area contributed by atoms with Crippen molar-refractivity contribution in [2.45, 2.75) is 38.7 Å². The average Bonchev–Trinajstić information content (AvgIpc) is 3.15. The van der Waals surface area contributed by atoms with Gasteiger partial charge >= 0.3 is 12.3 Å². The second-order valence-electron chi connectivity index (χ2n) is 8.52. The number of aromatic nitrogens is 3. The SMILES string of the molecule is CC(C)(C)OC(=O)N1CCOC(c2cccc(-c3cnc4ccc(C(F)(F)F)cn34)n2)C1. The van der Waals surface area contributed by atoms with Crippen LogP contribution in [0.2, 0.25) is 0 Å². The normalized spacial score (nSPS) is 17.6. The number of halogens is 3. The highest BCUT2D eigenvalue weighted by Crippen LogP contribution is 2.31. The largest absolute Gasteiger partial charge is 0.444 e. The maximum Gasteiger partial charge on any atom is 0.417 e. The van der Waals surface area contributed by atoms with Gasteiger partial charge in [-0.2, -0.15) is 13.2 Å². The van der Waals surface area contributed by atoms with Gasteiger partial charge < -0.3 is 14.4 Å². The first-order valence-electron chi connectivity index (χ1n) is 10.1. The van der Waals surface area contributed by atoms with Gasteiger partial charge in [0.2, 0.25) is 0 Å². The fraction of sp³-hybridized carbons (Fsp3) is 0.409. The van der Waals surface area contributed by atoms with Gasteiger partial charge in [-0.15, -0.1) is 0 Å². The highest BCUT2D eigenvalue weighted by atomic mass is 19.4. The van der Waals surface area contributed by atoms with Crippen LogP contribution >= 0.6 is 0 Å². The summed E-state index contributed by atoms with van der Waals surface area (Å²) in [6.07, 6.45) is -2.89. The van der Waals surface area contributed by atoms with Crippen LogP contribution in [-0.4, -0.2) is 50.7 Å². The van der Waals surface area contributed by atoms with Crippen molar-refractivity contribution in [3.8, 4) is 11.4 Å². The Hall–Kier alpha value is -3.14. The van der Waals surface area contributed by atoms with E-state index in [1.807, 2.05) is 0 Å². The van der Waals surface area contributed by atoms with Gasteiger partial charge in [0.05, 0.1) is 42.0 Å². The zero-order valence-electron chi connectivity index (χ0n) is 17.9. The minimum absolute atomic E-state index is 0.261. The first-order valence-corrected chi connectivity index (χ1v) is 10.1. The molecular formula is C22H23F3N4O3. The predicted molar refractivity (Wildman–Crippen MR) is 110 cm³/mol. The lowest BCUT2D eigenvalue weighted by Gasteiger charge is -2.34. The van der Waals surface area contributed by atoms with Crippen LogP contribution in [0.3, 0.4) is 0 Å². The summed E-state index contributed by atoms with van der Waals surface area (Å²) in [6.45, 7) is 6.38. The molecule has 1 saturated heterocycles. The van der Waals surface area contributed by atoms with Crippen molar-refractivity contribution >= 4 is 11.7 Å². The van der Waals surface area contributed by atoms with Crippen LogP contribution in [0.25, 0.3) is 17.0 Å². The molecule has 1 aliphatic rings. The lowest BCUT2D eigenvalue weighted by atomic mass is 10.1. The first-order chi connectivity index (χ1) is 15.0. The highest BCUT2D eigenvalue weighted by Gasteiger charge is 2.32. The number of morpholine rings is 1. The molecule has 3 aromatic rings. The van der Waals surface area contributed by atoms with Crippen molar-refractivity contribution in [3.05, 3.63) is 54.0 Å². The van der Waals surface area contributed by atoms with E-state index in [1.54, 1.807) is 43.9 Å². The van der Waals surface area contributed by atoms with E-state index in [4.69, 9.17) is 9.47 Å². The standard InChI is InChI=1S/C22H23F3N4O3/c1-21(2,3)32-20(30)28-9-10-31-18(13-28)16-6-4-5-15(27-16)17-11-26-19-8-7-14(12-29(17)19)22(23,24)25/h4-8,11-12,18H,9-10,13H2,1-3H3. The maximum absolute atomic E-state index is 13.2. The average molecular weight is 448 g/mol. The Morgan fingerprint density at radius 2 is 1.97 bits per heavy atom. The summed E-state index contributed by atoms with van der Waals surface area (Å²) >= 11 is 0. The second kappa shape index (κ2) is 8.09. The molecule has 1 fully saturated rings. The zero-order valence-corrected chi connectivity index (χ0v) is 17.9. The van der Waals surface area contributed by atoms with E-state index in [9.17, 15) is 18.0 Å². The maximum atomic E-state index is 13.2. The van der Waals surface area contributed by atoms with Crippen LogP contribution in [0.5, 0.6) is 0 Å². The number of alkyl halides is 3. The van der Waals surface area contributed by atoms with Gasteiger partial charge in [-0.1, -0.05) is 6.07 Å². The number of fused-ring (bicyclic) bond motifs is 1. The number of pyridine rings is 2. The smallest absolute Gasteiger partial charge is 0.417 e. The quantitative estimate of drug-likeness (QED) is 0.567. The molecule has 4 heterocycles. The molecule has 10 heteroatoms. The lowest BCUT2D eigenvalue weighted by Crippen LogP contribution is -2.44. The molecule has 4 rings (SSSR count). The number of amides is 1. The first kappa shape index (κ1) is 22.1. The van der Waals surface area contributed by atoms with Crippen LogP contribution in [0, 0.1) is 0 Å². The molecule has 0 aliphatic carbocycles. The molecule has 0 N–H and O–H groups in total. The molecule has 0 radical (unpaired) electrons. The van der Waals surface area contributed by atoms with Gasteiger partial charge in [-0.05, 0) is 45.0 Å². The summed E-state index contributed by atoms with van der Waals surface area (Å²) in [5.41, 5.74) is 0.438. The van der Waals surface area contributed by atoms with Crippen LogP contribution in [0.4, 0.5) is 18.0 Å². The minimum Gasteiger partial charge on any atom is -0.444 e. The van der Waals surface area contributed by atoms with Gasteiger partial charge in [-0.25, -0.2) is 14.8 Å². The predicted octanol–water partition coefficient (Wildman–Crippen LogP) is 4.72. The summed E-state index contributed by atoms with van der Waals surface area (Å²) in [5.74, 6) is 0. The summed E-state index contributed by atoms with van der Waals surface area (Å²) in [5, 5.41) is 0. The number of rotatable bonds is 2. The summed E-state index contributed by atoms with van der Waals surface area (Å²) in [4.78, 5) is 22.8. The van der Waals surface area contributed by atoms with Crippen molar-refractivity contribution in [1.29, 1.82) is 0 Å². The number of nitrogens with zero attached hydrogens (tertiary/aromatic N) is 4. The van der Waals surface area contributed by atoms with Crippen LogP contribution < -0.4 is 0 Å². The van der Waals surface area contributed by atoms with E-state index >= 15 is 0 Å². The molecule has 0 aromatic carbocycles. The number of ether oxygens (including phenoxy) is 2. The fourth-order valence-corrected chi connectivity index (χ4v) is 3.43. The third-order valence-electron chi connectivity index (χ3n) is 4.91. The number of hydrogen-bond acceptors (Lipinski definition) is 5. The Bertz CT molecular complexity index is 1140. The molecular weight excluding hydrogens is 425 g/mol. The molecule has 1 aliphatic heterocycles. The topological polar surface area (TPSA) is 69.0 Å². The molecule has 170 valence electrons. The Kier molecular flexibility index (Phi) is 5.58. The second-order valence-corrected chi connectivity index (χ2v) is 8.52. The van der Waals surface area contributed by atoms with Crippen molar-refractivity contribution < 1.29 is 27.4 Å². The number of hydrogen-bond donors (Lipinski definition) is 0. The molecule has 32 heavy (non-hydrogen) atoms. The van der Waals surface area contributed by atoms with Crippen molar-refractivity contribution in [2.24, 2.45) is 0 Å². The van der Waals surface area contributed by atoms with Crippen LogP contribution in [-0.2, 0) is 15.7 Å². The molecule has 1 atom stereocenters. The van der Waals surface area contributed by atoms with E-state index in [0.29, 0.717) is 35.9 Å². The Morgan fingerprint density at radius 1 is 1.19 bits per heavy atom. The number of imidazole rings is 1.